The molecule has 0 atom stereocenters. The van der Waals surface area contributed by atoms with Gasteiger partial charge in [0, 0.05) is 18.3 Å². The van der Waals surface area contributed by atoms with Gasteiger partial charge in [0.05, 0.1) is 0 Å². The van der Waals surface area contributed by atoms with Crippen molar-refractivity contribution in [1.29, 1.82) is 0 Å². The number of hydrogen-bond donors (Lipinski definition) is 4. The molecular formula is C20H32N4O2. The normalized spacial score (nSPS) is 20.5. The quantitative estimate of drug-likeness (QED) is 0.342. The van der Waals surface area contributed by atoms with Crippen LogP contribution in [0.4, 0.5) is 5.69 Å². The van der Waals surface area contributed by atoms with E-state index in [-0.39, 0.29) is 18.2 Å². The number of rotatable bonds is 7. The Balaban J connectivity index is 1.82. The number of benzene rings is 1. The van der Waals surface area contributed by atoms with Crippen LogP contribution in [0, 0.1) is 5.92 Å². The van der Waals surface area contributed by atoms with E-state index in [9.17, 15) is 9.90 Å². The van der Waals surface area contributed by atoms with Gasteiger partial charge in [-0.05, 0) is 62.8 Å². The third-order valence-corrected chi connectivity index (χ3v) is 4.76. The summed E-state index contributed by atoms with van der Waals surface area (Å²) in [4.78, 5) is 16.5. The monoisotopic (exact) mass is 360 g/mol. The lowest BCUT2D eigenvalue weighted by molar-refractivity contribution is -0.114. The average Bonchev–Trinajstić information content (AvgIpc) is 2.64. The van der Waals surface area contributed by atoms with Gasteiger partial charge in [-0.15, -0.1) is 0 Å². The Morgan fingerprint density at radius 2 is 1.85 bits per heavy atom. The molecule has 6 heteroatoms. The summed E-state index contributed by atoms with van der Waals surface area (Å²) in [5.74, 6) is 1.56. The van der Waals surface area contributed by atoms with Crippen LogP contribution in [0.2, 0.25) is 0 Å². The molecule has 0 saturated heterocycles. The van der Waals surface area contributed by atoms with Gasteiger partial charge < -0.3 is 21.1 Å². The second-order valence-electron chi connectivity index (χ2n) is 6.94. The van der Waals surface area contributed by atoms with Crippen LogP contribution in [-0.2, 0) is 4.79 Å². The lowest BCUT2D eigenvalue weighted by atomic mass is 9.83. The van der Waals surface area contributed by atoms with Crippen molar-refractivity contribution >= 4 is 17.6 Å². The van der Waals surface area contributed by atoms with Gasteiger partial charge in [-0.2, -0.15) is 0 Å². The maximum atomic E-state index is 12.1. The molecule has 1 fully saturated rings. The number of carbonyl (C=O) groups is 1. The fourth-order valence-electron chi connectivity index (χ4n) is 3.41. The van der Waals surface area contributed by atoms with Crippen molar-refractivity contribution in [2.45, 2.75) is 58.4 Å². The number of nitrogens with zero attached hydrogens (tertiary/aromatic N) is 1. The topological polar surface area (TPSA) is 85.8 Å². The summed E-state index contributed by atoms with van der Waals surface area (Å²) in [5.41, 5.74) is 0.648. The first-order valence-corrected chi connectivity index (χ1v) is 9.74. The number of amides is 1. The number of phenolic OH excluding ortho intramolecular Hbond substituents is 1. The highest BCUT2D eigenvalue weighted by molar-refractivity contribution is 5.94. The average molecular weight is 361 g/mol. The lowest BCUT2D eigenvalue weighted by Gasteiger charge is -2.30. The van der Waals surface area contributed by atoms with Gasteiger partial charge in [0.2, 0.25) is 5.91 Å². The first-order chi connectivity index (χ1) is 12.6. The second-order valence-corrected chi connectivity index (χ2v) is 6.94. The fraction of sp³-hybridized carbons (Fsp3) is 0.600. The maximum Gasteiger partial charge on any atom is 0.246 e. The Bertz CT molecular complexity index is 578. The van der Waals surface area contributed by atoms with E-state index in [1.165, 1.54) is 25.7 Å². The number of hydrogen-bond acceptors (Lipinski definition) is 3. The van der Waals surface area contributed by atoms with E-state index in [0.29, 0.717) is 17.7 Å². The van der Waals surface area contributed by atoms with E-state index in [1.54, 1.807) is 24.3 Å². The van der Waals surface area contributed by atoms with Crippen LogP contribution in [-0.4, -0.2) is 36.1 Å². The second kappa shape index (κ2) is 10.7. The SMILES string of the molecule is CCCC1CCC(NC(=NCC(=O)Nc2ccc(O)cc2)NCC)CC1. The highest BCUT2D eigenvalue weighted by Crippen LogP contribution is 2.27. The molecule has 0 bridgehead atoms. The summed E-state index contributed by atoms with van der Waals surface area (Å²) in [6.07, 6.45) is 7.46. The van der Waals surface area contributed by atoms with E-state index >= 15 is 0 Å². The molecule has 0 radical (unpaired) electrons. The van der Waals surface area contributed by atoms with Crippen LogP contribution in [0.15, 0.2) is 29.3 Å². The van der Waals surface area contributed by atoms with Crippen LogP contribution in [0.25, 0.3) is 0 Å². The molecule has 1 aromatic carbocycles. The van der Waals surface area contributed by atoms with Gasteiger partial charge in [-0.25, -0.2) is 4.99 Å². The Kier molecular flexibility index (Phi) is 8.25. The number of nitrogens with one attached hydrogen (secondary N) is 3. The molecule has 0 unspecified atom stereocenters. The minimum atomic E-state index is -0.181. The van der Waals surface area contributed by atoms with E-state index in [1.807, 2.05) is 6.92 Å². The van der Waals surface area contributed by atoms with Crippen molar-refractivity contribution < 1.29 is 9.90 Å². The molecule has 1 saturated carbocycles. The Morgan fingerprint density at radius 3 is 2.46 bits per heavy atom. The number of aromatic hydroxyl groups is 1. The zero-order valence-corrected chi connectivity index (χ0v) is 15.9. The predicted octanol–water partition coefficient (Wildman–Crippen LogP) is 3.24. The number of phenols is 1. The molecule has 26 heavy (non-hydrogen) atoms. The van der Waals surface area contributed by atoms with Gasteiger partial charge in [0.1, 0.15) is 12.3 Å². The van der Waals surface area contributed by atoms with Crippen molar-refractivity contribution in [3.05, 3.63) is 24.3 Å². The molecule has 0 aliphatic heterocycles. The Hall–Kier alpha value is -2.24. The molecule has 2 rings (SSSR count). The molecule has 1 aliphatic rings. The van der Waals surface area contributed by atoms with E-state index in [4.69, 9.17) is 0 Å². The van der Waals surface area contributed by atoms with Crippen molar-refractivity contribution in [3.63, 3.8) is 0 Å². The predicted molar refractivity (Wildman–Crippen MR) is 107 cm³/mol. The lowest BCUT2D eigenvalue weighted by Crippen LogP contribution is -2.45. The van der Waals surface area contributed by atoms with Crippen LogP contribution in [0.1, 0.15) is 52.4 Å². The Morgan fingerprint density at radius 1 is 1.15 bits per heavy atom. The van der Waals surface area contributed by atoms with E-state index in [0.717, 1.165) is 25.3 Å². The van der Waals surface area contributed by atoms with Crippen molar-refractivity contribution in [3.8, 4) is 5.75 Å². The molecule has 6 nitrogen and oxygen atoms in total. The zero-order valence-electron chi connectivity index (χ0n) is 15.9. The maximum absolute atomic E-state index is 12.1. The molecule has 0 spiro atoms. The molecule has 144 valence electrons. The van der Waals surface area contributed by atoms with Gasteiger partial charge in [0.15, 0.2) is 5.96 Å². The van der Waals surface area contributed by atoms with Crippen LogP contribution in [0.3, 0.4) is 0 Å². The molecular weight excluding hydrogens is 328 g/mol. The standard InChI is InChI=1S/C20H32N4O2/c1-3-5-15-6-8-17(9-7-15)24-20(21-4-2)22-14-19(26)23-16-10-12-18(25)13-11-16/h10-13,15,17,25H,3-9,14H2,1-2H3,(H,23,26)(H2,21,22,24). The molecule has 0 aromatic heterocycles. The van der Waals surface area contributed by atoms with E-state index < -0.39 is 0 Å². The van der Waals surface area contributed by atoms with Crippen molar-refractivity contribution in [2.75, 3.05) is 18.4 Å². The molecule has 1 aromatic rings. The number of aliphatic imine (C=N–C) groups is 1. The van der Waals surface area contributed by atoms with Gasteiger partial charge in [-0.1, -0.05) is 19.8 Å². The summed E-state index contributed by atoms with van der Waals surface area (Å²) in [7, 11) is 0. The minimum Gasteiger partial charge on any atom is -0.508 e. The van der Waals surface area contributed by atoms with Crippen LogP contribution < -0.4 is 16.0 Å². The minimum absolute atomic E-state index is 0.0569. The summed E-state index contributed by atoms with van der Waals surface area (Å²) in [5, 5.41) is 18.7. The van der Waals surface area contributed by atoms with Gasteiger partial charge in [0.25, 0.3) is 0 Å². The van der Waals surface area contributed by atoms with Crippen LogP contribution >= 0.6 is 0 Å². The Labute approximate surface area is 156 Å². The van der Waals surface area contributed by atoms with Crippen molar-refractivity contribution in [1.82, 2.24) is 10.6 Å². The summed E-state index contributed by atoms with van der Waals surface area (Å²) >= 11 is 0. The first-order valence-electron chi connectivity index (χ1n) is 9.74. The largest absolute Gasteiger partial charge is 0.508 e. The third kappa shape index (κ3) is 6.94. The number of anilines is 1. The summed E-state index contributed by atoms with van der Waals surface area (Å²) in [6, 6.07) is 6.84. The fourth-order valence-corrected chi connectivity index (χ4v) is 3.41. The van der Waals surface area contributed by atoms with Crippen molar-refractivity contribution in [2.24, 2.45) is 10.9 Å². The van der Waals surface area contributed by atoms with Crippen LogP contribution in [0.5, 0.6) is 5.75 Å². The first kappa shape index (κ1) is 20.1. The molecule has 0 heterocycles. The van der Waals surface area contributed by atoms with E-state index in [2.05, 4.69) is 27.9 Å². The highest BCUT2D eigenvalue weighted by Gasteiger charge is 2.21. The van der Waals surface area contributed by atoms with Gasteiger partial charge >= 0.3 is 0 Å². The smallest absolute Gasteiger partial charge is 0.246 e. The third-order valence-electron chi connectivity index (χ3n) is 4.76. The number of carbonyl (C=O) groups excluding carboxylic acids is 1. The molecule has 1 amide bonds. The highest BCUT2D eigenvalue weighted by atomic mass is 16.3. The summed E-state index contributed by atoms with van der Waals surface area (Å²) in [6.45, 7) is 5.09. The summed E-state index contributed by atoms with van der Waals surface area (Å²) < 4.78 is 0. The molecule has 4 N–H and O–H groups in total. The number of guanidine groups is 1. The van der Waals surface area contributed by atoms with Gasteiger partial charge in [-0.3, -0.25) is 4.79 Å². The zero-order chi connectivity index (χ0) is 18.8. The molecule has 1 aliphatic carbocycles.